The lowest BCUT2D eigenvalue weighted by atomic mass is 10.2. The van der Waals surface area contributed by atoms with Crippen molar-refractivity contribution in [3.63, 3.8) is 0 Å². The molecule has 0 aliphatic heterocycles. The minimum absolute atomic E-state index is 0.0330. The second-order valence-corrected chi connectivity index (χ2v) is 5.50. The predicted molar refractivity (Wildman–Crippen MR) is 75.9 cm³/mol. The Hall–Kier alpha value is -1.59. The van der Waals surface area contributed by atoms with Gasteiger partial charge in [0.25, 0.3) is 0 Å². The van der Waals surface area contributed by atoms with Gasteiger partial charge in [-0.3, -0.25) is 10.1 Å². The van der Waals surface area contributed by atoms with Crippen LogP contribution in [0.3, 0.4) is 0 Å². The van der Waals surface area contributed by atoms with E-state index in [0.717, 1.165) is 16.0 Å². The number of nitrogens with zero attached hydrogens (tertiary/aromatic N) is 2. The van der Waals surface area contributed by atoms with E-state index >= 15 is 0 Å². The molecule has 0 spiro atoms. The molecular formula is C13H11ClN2O2S. The molecule has 0 aliphatic carbocycles. The van der Waals surface area contributed by atoms with Crippen LogP contribution >= 0.6 is 23.4 Å². The fraction of sp³-hybridized carbons (Fsp3) is 0.154. The fourth-order valence-electron chi connectivity index (χ4n) is 1.64. The summed E-state index contributed by atoms with van der Waals surface area (Å²) >= 11 is 7.06. The average molecular weight is 295 g/mol. The van der Waals surface area contributed by atoms with Crippen molar-refractivity contribution < 1.29 is 4.92 Å². The van der Waals surface area contributed by atoms with Gasteiger partial charge in [-0.15, -0.1) is 0 Å². The van der Waals surface area contributed by atoms with Gasteiger partial charge in [0.05, 0.1) is 4.92 Å². The van der Waals surface area contributed by atoms with Gasteiger partial charge in [-0.2, -0.15) is 0 Å². The van der Waals surface area contributed by atoms with Crippen molar-refractivity contribution in [1.82, 2.24) is 4.98 Å². The van der Waals surface area contributed by atoms with Crippen molar-refractivity contribution in [3.05, 3.63) is 56.7 Å². The van der Waals surface area contributed by atoms with Gasteiger partial charge in [0.15, 0.2) is 5.03 Å². The van der Waals surface area contributed by atoms with E-state index in [9.17, 15) is 10.1 Å². The number of aryl methyl sites for hydroxylation is 2. The summed E-state index contributed by atoms with van der Waals surface area (Å²) in [5, 5.41) is 11.5. The van der Waals surface area contributed by atoms with Gasteiger partial charge in [0.1, 0.15) is 5.15 Å². The van der Waals surface area contributed by atoms with Crippen molar-refractivity contribution in [2.24, 2.45) is 0 Å². The minimum Gasteiger partial charge on any atom is -0.258 e. The standard InChI is InChI=1S/C13H11ClN2O2S/c1-8-3-5-11(9(2)7-8)19-13-10(16(17)18)4-6-12(14)15-13/h3-7H,1-2H3. The van der Waals surface area contributed by atoms with Gasteiger partial charge >= 0.3 is 5.69 Å². The molecule has 2 rings (SSSR count). The number of halogens is 1. The zero-order valence-corrected chi connectivity index (χ0v) is 12.0. The van der Waals surface area contributed by atoms with Gasteiger partial charge in [0, 0.05) is 11.0 Å². The molecule has 0 N–H and O–H groups in total. The zero-order chi connectivity index (χ0) is 14.0. The molecule has 0 saturated heterocycles. The molecule has 1 aromatic carbocycles. The molecular weight excluding hydrogens is 284 g/mol. The van der Waals surface area contributed by atoms with Crippen molar-refractivity contribution in [2.75, 3.05) is 0 Å². The predicted octanol–water partition coefficient (Wildman–Crippen LogP) is 4.41. The Bertz CT molecular complexity index is 647. The van der Waals surface area contributed by atoms with E-state index in [4.69, 9.17) is 11.6 Å². The molecule has 4 nitrogen and oxygen atoms in total. The van der Waals surface area contributed by atoms with Crippen LogP contribution in [-0.2, 0) is 0 Å². The van der Waals surface area contributed by atoms with Crippen LogP contribution in [0.25, 0.3) is 0 Å². The molecule has 2 aromatic rings. The second-order valence-electron chi connectivity index (χ2n) is 4.09. The lowest BCUT2D eigenvalue weighted by Crippen LogP contribution is -1.94. The van der Waals surface area contributed by atoms with E-state index in [0.29, 0.717) is 5.03 Å². The average Bonchev–Trinajstić information content (AvgIpc) is 2.32. The van der Waals surface area contributed by atoms with E-state index in [2.05, 4.69) is 4.98 Å². The summed E-state index contributed by atoms with van der Waals surface area (Å²) < 4.78 is 0. The topological polar surface area (TPSA) is 56.0 Å². The summed E-state index contributed by atoms with van der Waals surface area (Å²) in [5.74, 6) is 0. The molecule has 0 aliphatic rings. The summed E-state index contributed by atoms with van der Waals surface area (Å²) in [4.78, 5) is 15.5. The number of pyridine rings is 1. The maximum atomic E-state index is 11.0. The van der Waals surface area contributed by atoms with Crippen LogP contribution in [0.15, 0.2) is 40.3 Å². The van der Waals surface area contributed by atoms with Gasteiger partial charge in [-0.1, -0.05) is 41.1 Å². The van der Waals surface area contributed by atoms with Crippen LogP contribution in [-0.4, -0.2) is 9.91 Å². The number of benzene rings is 1. The maximum Gasteiger partial charge on any atom is 0.301 e. The first-order chi connectivity index (χ1) is 8.97. The molecule has 1 heterocycles. The number of aromatic nitrogens is 1. The molecule has 19 heavy (non-hydrogen) atoms. The highest BCUT2D eigenvalue weighted by Gasteiger charge is 2.17. The van der Waals surface area contributed by atoms with E-state index in [1.165, 1.54) is 23.9 Å². The zero-order valence-electron chi connectivity index (χ0n) is 10.4. The number of hydrogen-bond donors (Lipinski definition) is 0. The van der Waals surface area contributed by atoms with E-state index < -0.39 is 4.92 Å². The van der Waals surface area contributed by atoms with Crippen LogP contribution in [0.5, 0.6) is 0 Å². The molecule has 0 atom stereocenters. The van der Waals surface area contributed by atoms with Gasteiger partial charge in [-0.25, -0.2) is 4.98 Å². The molecule has 0 amide bonds. The van der Waals surface area contributed by atoms with Crippen LogP contribution < -0.4 is 0 Å². The third kappa shape index (κ3) is 3.24. The van der Waals surface area contributed by atoms with Crippen molar-refractivity contribution in [1.29, 1.82) is 0 Å². The molecule has 0 radical (unpaired) electrons. The summed E-state index contributed by atoms with van der Waals surface area (Å²) in [6.45, 7) is 3.97. The Morgan fingerprint density at radius 1 is 1.26 bits per heavy atom. The molecule has 98 valence electrons. The Labute approximate surface area is 120 Å². The Balaban J connectivity index is 2.42. The highest BCUT2D eigenvalue weighted by atomic mass is 35.5. The van der Waals surface area contributed by atoms with Gasteiger partial charge < -0.3 is 0 Å². The van der Waals surface area contributed by atoms with E-state index in [1.54, 1.807) is 0 Å². The fourth-order valence-corrected chi connectivity index (χ4v) is 2.80. The normalized spacial score (nSPS) is 10.5. The smallest absolute Gasteiger partial charge is 0.258 e. The maximum absolute atomic E-state index is 11.0. The van der Waals surface area contributed by atoms with Crippen LogP contribution in [0, 0.1) is 24.0 Å². The number of hydrogen-bond acceptors (Lipinski definition) is 4. The van der Waals surface area contributed by atoms with Crippen molar-refractivity contribution in [2.45, 2.75) is 23.8 Å². The largest absolute Gasteiger partial charge is 0.301 e. The number of rotatable bonds is 3. The highest BCUT2D eigenvalue weighted by molar-refractivity contribution is 7.99. The minimum atomic E-state index is -0.449. The van der Waals surface area contributed by atoms with Crippen LogP contribution in [0.4, 0.5) is 5.69 Å². The molecule has 0 unspecified atom stereocenters. The Kier molecular flexibility index (Phi) is 4.07. The van der Waals surface area contributed by atoms with Crippen molar-refractivity contribution >= 4 is 29.1 Å². The van der Waals surface area contributed by atoms with Crippen LogP contribution in [0.1, 0.15) is 11.1 Å². The third-order valence-electron chi connectivity index (χ3n) is 2.54. The van der Waals surface area contributed by atoms with Gasteiger partial charge in [0.2, 0.25) is 0 Å². The third-order valence-corrected chi connectivity index (χ3v) is 3.92. The SMILES string of the molecule is Cc1ccc(Sc2nc(Cl)ccc2[N+](=O)[O-])c(C)c1. The number of nitro groups is 1. The molecule has 0 saturated carbocycles. The Morgan fingerprint density at radius 2 is 2.00 bits per heavy atom. The lowest BCUT2D eigenvalue weighted by molar-refractivity contribution is -0.388. The summed E-state index contributed by atoms with van der Waals surface area (Å²) in [6, 6.07) is 8.72. The summed E-state index contributed by atoms with van der Waals surface area (Å²) in [7, 11) is 0. The quantitative estimate of drug-likeness (QED) is 0.478. The molecule has 0 bridgehead atoms. The molecule has 6 heteroatoms. The second kappa shape index (κ2) is 5.59. The molecule has 0 fully saturated rings. The first-order valence-electron chi connectivity index (χ1n) is 5.53. The first-order valence-corrected chi connectivity index (χ1v) is 6.73. The highest BCUT2D eigenvalue weighted by Crippen LogP contribution is 2.35. The first kappa shape index (κ1) is 13.8. The van der Waals surface area contributed by atoms with E-state index in [1.807, 2.05) is 32.0 Å². The van der Waals surface area contributed by atoms with Crippen molar-refractivity contribution in [3.8, 4) is 0 Å². The van der Waals surface area contributed by atoms with Crippen LogP contribution in [0.2, 0.25) is 5.15 Å². The van der Waals surface area contributed by atoms with Gasteiger partial charge in [-0.05, 0) is 31.5 Å². The Morgan fingerprint density at radius 3 is 2.63 bits per heavy atom. The van der Waals surface area contributed by atoms with E-state index in [-0.39, 0.29) is 10.8 Å². The lowest BCUT2D eigenvalue weighted by Gasteiger charge is -2.06. The summed E-state index contributed by atoms with van der Waals surface area (Å²) in [6.07, 6.45) is 0. The summed E-state index contributed by atoms with van der Waals surface area (Å²) in [5.41, 5.74) is 2.17. The molecule has 1 aromatic heterocycles. The monoisotopic (exact) mass is 294 g/mol.